The Kier molecular flexibility index (Phi) is 4.82. The Morgan fingerprint density at radius 3 is 3.00 bits per heavy atom. The van der Waals surface area contributed by atoms with Crippen LogP contribution in [0.25, 0.3) is 0 Å². The summed E-state index contributed by atoms with van der Waals surface area (Å²) >= 11 is 3.38. The number of aromatic carboxylic acids is 1. The van der Waals surface area contributed by atoms with Gasteiger partial charge in [-0.1, -0.05) is 15.9 Å². The predicted octanol–water partition coefficient (Wildman–Crippen LogP) is 3.01. The number of anilines is 1. The summed E-state index contributed by atoms with van der Waals surface area (Å²) in [5.41, 5.74) is 1.28. The number of carboxylic acids is 1. The number of hydrogen-bond donors (Lipinski definition) is 1. The SMILES string of the molecule is COCC1CCCN(c2cc(Br)cc(C(=O)O)c2)C1. The van der Waals surface area contributed by atoms with Gasteiger partial charge in [-0.05, 0) is 37.0 Å². The maximum absolute atomic E-state index is 11.1. The van der Waals surface area contributed by atoms with Crippen molar-refractivity contribution >= 4 is 27.6 Å². The van der Waals surface area contributed by atoms with Crippen LogP contribution in [0.5, 0.6) is 0 Å². The van der Waals surface area contributed by atoms with E-state index in [0.717, 1.165) is 36.3 Å². The summed E-state index contributed by atoms with van der Waals surface area (Å²) in [7, 11) is 1.72. The van der Waals surface area contributed by atoms with Gasteiger partial charge in [-0.3, -0.25) is 0 Å². The first-order chi connectivity index (χ1) is 9.10. The topological polar surface area (TPSA) is 49.8 Å². The summed E-state index contributed by atoms with van der Waals surface area (Å²) in [5.74, 6) is -0.376. The van der Waals surface area contributed by atoms with Crippen LogP contribution in [0.3, 0.4) is 0 Å². The monoisotopic (exact) mass is 327 g/mol. The van der Waals surface area contributed by atoms with Crippen LogP contribution in [-0.4, -0.2) is 37.9 Å². The summed E-state index contributed by atoms with van der Waals surface area (Å²) < 4.78 is 6.02. The summed E-state index contributed by atoms with van der Waals surface area (Å²) in [6, 6.07) is 5.34. The number of hydrogen-bond acceptors (Lipinski definition) is 3. The molecule has 0 radical (unpaired) electrons. The van der Waals surface area contributed by atoms with E-state index in [1.807, 2.05) is 6.07 Å². The highest BCUT2D eigenvalue weighted by atomic mass is 79.9. The molecular formula is C14H18BrNO3. The predicted molar refractivity (Wildman–Crippen MR) is 77.9 cm³/mol. The van der Waals surface area contributed by atoms with Crippen LogP contribution < -0.4 is 4.90 Å². The lowest BCUT2D eigenvalue weighted by Gasteiger charge is -2.34. The average molecular weight is 328 g/mol. The molecule has 4 nitrogen and oxygen atoms in total. The molecule has 0 aliphatic carbocycles. The van der Waals surface area contributed by atoms with Crippen molar-refractivity contribution in [2.24, 2.45) is 5.92 Å². The van der Waals surface area contributed by atoms with Crippen LogP contribution in [0.1, 0.15) is 23.2 Å². The molecule has 1 aromatic carbocycles. The maximum Gasteiger partial charge on any atom is 0.335 e. The van der Waals surface area contributed by atoms with Gasteiger partial charge in [0, 0.05) is 30.4 Å². The number of piperidine rings is 1. The minimum Gasteiger partial charge on any atom is -0.478 e. The number of carboxylic acid groups (broad SMARTS) is 1. The Labute approximate surface area is 121 Å². The molecule has 1 aliphatic rings. The van der Waals surface area contributed by atoms with E-state index in [1.54, 1.807) is 19.2 Å². The Balaban J connectivity index is 2.18. The lowest BCUT2D eigenvalue weighted by atomic mass is 9.98. The Hall–Kier alpha value is -1.07. The zero-order valence-corrected chi connectivity index (χ0v) is 12.5. The van der Waals surface area contributed by atoms with Crippen molar-refractivity contribution in [2.75, 3.05) is 31.7 Å². The molecule has 1 aromatic rings. The zero-order chi connectivity index (χ0) is 13.8. The van der Waals surface area contributed by atoms with Crippen LogP contribution in [0, 0.1) is 5.92 Å². The van der Waals surface area contributed by atoms with Gasteiger partial charge < -0.3 is 14.7 Å². The summed E-state index contributed by atoms with van der Waals surface area (Å²) in [4.78, 5) is 13.3. The smallest absolute Gasteiger partial charge is 0.335 e. The Bertz CT molecular complexity index is 462. The quantitative estimate of drug-likeness (QED) is 0.923. The molecular weight excluding hydrogens is 310 g/mol. The minimum atomic E-state index is -0.895. The van der Waals surface area contributed by atoms with Crippen molar-refractivity contribution in [1.29, 1.82) is 0 Å². The second-order valence-electron chi connectivity index (χ2n) is 4.91. The molecule has 1 heterocycles. The van der Waals surface area contributed by atoms with Gasteiger partial charge in [-0.15, -0.1) is 0 Å². The molecule has 0 amide bonds. The second kappa shape index (κ2) is 6.39. The zero-order valence-electron chi connectivity index (χ0n) is 10.9. The van der Waals surface area contributed by atoms with Gasteiger partial charge in [-0.2, -0.15) is 0 Å². The first-order valence-corrected chi connectivity index (χ1v) is 7.17. The summed E-state index contributed by atoms with van der Waals surface area (Å²) in [6.07, 6.45) is 2.28. The number of methoxy groups -OCH3 is 1. The van der Waals surface area contributed by atoms with E-state index < -0.39 is 5.97 Å². The third-order valence-corrected chi connectivity index (χ3v) is 3.87. The highest BCUT2D eigenvalue weighted by Gasteiger charge is 2.21. The Morgan fingerprint density at radius 2 is 2.32 bits per heavy atom. The molecule has 1 unspecified atom stereocenters. The molecule has 1 fully saturated rings. The number of benzene rings is 1. The van der Waals surface area contributed by atoms with Gasteiger partial charge in [0.25, 0.3) is 0 Å². The van der Waals surface area contributed by atoms with Gasteiger partial charge in [0.15, 0.2) is 0 Å². The standard InChI is InChI=1S/C14H18BrNO3/c1-19-9-10-3-2-4-16(8-10)13-6-11(14(17)18)5-12(15)7-13/h5-7,10H,2-4,8-9H2,1H3,(H,17,18). The summed E-state index contributed by atoms with van der Waals surface area (Å²) in [5, 5.41) is 9.11. The first kappa shape index (κ1) is 14.3. The van der Waals surface area contributed by atoms with E-state index in [9.17, 15) is 4.79 Å². The fourth-order valence-electron chi connectivity index (χ4n) is 2.55. The van der Waals surface area contributed by atoms with Gasteiger partial charge in [0.05, 0.1) is 12.2 Å². The van der Waals surface area contributed by atoms with Crippen LogP contribution >= 0.6 is 15.9 Å². The van der Waals surface area contributed by atoms with E-state index in [4.69, 9.17) is 9.84 Å². The molecule has 1 saturated heterocycles. The molecule has 5 heteroatoms. The van der Waals surface area contributed by atoms with E-state index in [-0.39, 0.29) is 0 Å². The number of nitrogens with zero attached hydrogens (tertiary/aromatic N) is 1. The van der Waals surface area contributed by atoms with E-state index >= 15 is 0 Å². The molecule has 19 heavy (non-hydrogen) atoms. The van der Waals surface area contributed by atoms with Crippen molar-refractivity contribution < 1.29 is 14.6 Å². The molecule has 1 aliphatic heterocycles. The lowest BCUT2D eigenvalue weighted by molar-refractivity contribution is 0.0697. The molecule has 0 bridgehead atoms. The van der Waals surface area contributed by atoms with Gasteiger partial charge in [0.1, 0.15) is 0 Å². The third-order valence-electron chi connectivity index (χ3n) is 3.42. The first-order valence-electron chi connectivity index (χ1n) is 6.38. The molecule has 1 atom stereocenters. The molecule has 0 aromatic heterocycles. The van der Waals surface area contributed by atoms with Crippen LogP contribution in [0.15, 0.2) is 22.7 Å². The van der Waals surface area contributed by atoms with Gasteiger partial charge in [0.2, 0.25) is 0 Å². The van der Waals surface area contributed by atoms with Crippen LogP contribution in [-0.2, 0) is 4.74 Å². The van der Waals surface area contributed by atoms with Crippen molar-refractivity contribution in [3.8, 4) is 0 Å². The Morgan fingerprint density at radius 1 is 1.53 bits per heavy atom. The fraction of sp³-hybridized carbons (Fsp3) is 0.500. The van der Waals surface area contributed by atoms with Crippen molar-refractivity contribution in [3.63, 3.8) is 0 Å². The molecule has 1 N–H and O–H groups in total. The average Bonchev–Trinajstić information content (AvgIpc) is 2.38. The molecule has 104 valence electrons. The van der Waals surface area contributed by atoms with Gasteiger partial charge >= 0.3 is 5.97 Å². The second-order valence-corrected chi connectivity index (χ2v) is 5.83. The molecule has 0 saturated carbocycles. The van der Waals surface area contributed by atoms with E-state index in [2.05, 4.69) is 20.8 Å². The largest absolute Gasteiger partial charge is 0.478 e. The number of ether oxygens (including phenoxy) is 1. The number of carbonyl (C=O) groups is 1. The van der Waals surface area contributed by atoms with E-state index in [1.165, 1.54) is 6.42 Å². The minimum absolute atomic E-state index is 0.318. The van der Waals surface area contributed by atoms with Crippen molar-refractivity contribution in [1.82, 2.24) is 0 Å². The molecule has 0 spiro atoms. The molecule has 2 rings (SSSR count). The maximum atomic E-state index is 11.1. The fourth-order valence-corrected chi connectivity index (χ4v) is 3.03. The van der Waals surface area contributed by atoms with Crippen LogP contribution in [0.2, 0.25) is 0 Å². The summed E-state index contributed by atoms with van der Waals surface area (Å²) in [6.45, 7) is 2.65. The van der Waals surface area contributed by atoms with Gasteiger partial charge in [-0.25, -0.2) is 4.79 Å². The normalized spacial score (nSPS) is 19.5. The number of halogens is 1. The van der Waals surface area contributed by atoms with Crippen LogP contribution in [0.4, 0.5) is 5.69 Å². The van der Waals surface area contributed by atoms with Crippen molar-refractivity contribution in [2.45, 2.75) is 12.8 Å². The third kappa shape index (κ3) is 3.70. The van der Waals surface area contributed by atoms with E-state index in [0.29, 0.717) is 11.5 Å². The highest BCUT2D eigenvalue weighted by Crippen LogP contribution is 2.27. The van der Waals surface area contributed by atoms with Crippen molar-refractivity contribution in [3.05, 3.63) is 28.2 Å². The lowest BCUT2D eigenvalue weighted by Crippen LogP contribution is -2.37. The highest BCUT2D eigenvalue weighted by molar-refractivity contribution is 9.10. The number of rotatable bonds is 4.